The molecule has 42 heavy (non-hydrogen) atoms. The van der Waals surface area contributed by atoms with Crippen molar-refractivity contribution >= 4 is 12.1 Å². The number of amides is 1. The number of hydrogen-bond acceptors (Lipinski definition) is 10. The molecule has 0 unspecified atom stereocenters. The Morgan fingerprint density at radius 1 is 1.19 bits per heavy atom. The number of hydrogen-bond donors (Lipinski definition) is 2. The average Bonchev–Trinajstić information content (AvgIpc) is 3.40. The number of nitrogens with zero attached hydrogens (tertiary/aromatic N) is 2. The molecule has 4 aliphatic heterocycles. The van der Waals surface area contributed by atoms with Crippen LogP contribution in [0.15, 0.2) is 11.6 Å². The molecule has 3 saturated heterocycles. The third kappa shape index (κ3) is 5.85. The Balaban J connectivity index is 1.76. The van der Waals surface area contributed by atoms with E-state index >= 15 is 0 Å². The first-order valence-corrected chi connectivity index (χ1v) is 15.5. The Hall–Kier alpha value is -1.76. The van der Waals surface area contributed by atoms with Crippen LogP contribution >= 0.6 is 0 Å². The highest BCUT2D eigenvalue weighted by Crippen LogP contribution is 2.46. The van der Waals surface area contributed by atoms with Gasteiger partial charge in [0.15, 0.2) is 11.9 Å². The molecule has 4 rings (SSSR count). The Morgan fingerprint density at radius 2 is 1.86 bits per heavy atom. The number of ether oxygens (including phenoxy) is 5. The zero-order valence-corrected chi connectivity index (χ0v) is 27.2. The van der Waals surface area contributed by atoms with E-state index in [1.165, 1.54) is 0 Å². The number of nitrogens with one attached hydrogen (secondary N) is 1. The fourth-order valence-electron chi connectivity index (χ4n) is 8.02. The molecule has 3 fully saturated rings. The molecule has 4 aliphatic rings. The Kier molecular flexibility index (Phi) is 9.72. The molecule has 0 aliphatic carbocycles. The molecule has 0 aromatic rings. The van der Waals surface area contributed by atoms with Gasteiger partial charge in [0.05, 0.1) is 23.9 Å². The number of rotatable bonds is 5. The molecule has 11 heteroatoms. The monoisotopic (exact) mass is 595 g/mol. The van der Waals surface area contributed by atoms with E-state index in [9.17, 15) is 14.7 Å². The number of fused-ring (bicyclic) bond motifs is 1. The van der Waals surface area contributed by atoms with Gasteiger partial charge in [0.1, 0.15) is 12.2 Å². The number of aliphatic hydroxyl groups is 1. The fraction of sp³-hybridized carbons (Fsp3) is 0.871. The van der Waals surface area contributed by atoms with Crippen molar-refractivity contribution < 1.29 is 38.4 Å². The summed E-state index contributed by atoms with van der Waals surface area (Å²) in [4.78, 5) is 28.6. The molecular formula is C31H53N3O8. The first-order chi connectivity index (χ1) is 19.6. The molecular weight excluding hydrogens is 542 g/mol. The second kappa shape index (κ2) is 12.3. The van der Waals surface area contributed by atoms with Gasteiger partial charge < -0.3 is 33.7 Å². The summed E-state index contributed by atoms with van der Waals surface area (Å²) in [5, 5.41) is 12.9. The largest absolute Gasteiger partial charge is 0.455 e. The Morgan fingerprint density at radius 3 is 2.45 bits per heavy atom. The second-order valence-electron chi connectivity index (χ2n) is 13.7. The molecule has 0 aromatic heterocycles. The Labute approximate surface area is 251 Å². The van der Waals surface area contributed by atoms with Gasteiger partial charge in [-0.15, -0.1) is 0 Å². The van der Waals surface area contributed by atoms with Crippen LogP contribution in [0.3, 0.4) is 0 Å². The molecule has 11 nitrogen and oxygen atoms in total. The van der Waals surface area contributed by atoms with Gasteiger partial charge >= 0.3 is 12.1 Å². The van der Waals surface area contributed by atoms with Crippen molar-refractivity contribution in [3.63, 3.8) is 0 Å². The second-order valence-corrected chi connectivity index (χ2v) is 13.7. The van der Waals surface area contributed by atoms with Crippen molar-refractivity contribution in [2.75, 3.05) is 21.2 Å². The van der Waals surface area contributed by atoms with Gasteiger partial charge in [-0.25, -0.2) is 20.0 Å². The maximum atomic E-state index is 13.5. The molecule has 2 bridgehead atoms. The summed E-state index contributed by atoms with van der Waals surface area (Å²) in [5.41, 5.74) is 2.00. The normalized spacial score (nSPS) is 48.0. The molecule has 0 saturated carbocycles. The van der Waals surface area contributed by atoms with Gasteiger partial charge in [0, 0.05) is 30.7 Å². The highest BCUT2D eigenvalue weighted by molar-refractivity contribution is 5.88. The van der Waals surface area contributed by atoms with Gasteiger partial charge in [0.2, 0.25) is 0 Å². The van der Waals surface area contributed by atoms with Gasteiger partial charge in [-0.3, -0.25) is 0 Å². The third-order valence-electron chi connectivity index (χ3n) is 10.3. The van der Waals surface area contributed by atoms with Gasteiger partial charge in [0.25, 0.3) is 0 Å². The van der Waals surface area contributed by atoms with Gasteiger partial charge in [-0.05, 0) is 72.9 Å². The molecule has 240 valence electrons. The van der Waals surface area contributed by atoms with Gasteiger partial charge in [-0.2, -0.15) is 0 Å². The minimum absolute atomic E-state index is 0.00752. The number of methoxy groups -OCH3 is 1. The lowest BCUT2D eigenvalue weighted by Gasteiger charge is -2.47. The number of cyclic esters (lactones) is 1. The van der Waals surface area contributed by atoms with Crippen LogP contribution in [0.25, 0.3) is 0 Å². The van der Waals surface area contributed by atoms with E-state index in [1.807, 2.05) is 59.7 Å². The number of hydrazine groups is 1. The number of esters is 1. The minimum Gasteiger partial charge on any atom is -0.455 e. The van der Waals surface area contributed by atoms with Crippen molar-refractivity contribution in [1.82, 2.24) is 15.3 Å². The van der Waals surface area contributed by atoms with E-state index in [0.29, 0.717) is 24.8 Å². The highest BCUT2D eigenvalue weighted by Gasteiger charge is 2.64. The quantitative estimate of drug-likeness (QED) is 0.459. The van der Waals surface area contributed by atoms with E-state index in [4.69, 9.17) is 23.7 Å². The van der Waals surface area contributed by atoms with Crippen LogP contribution in [-0.4, -0.2) is 108 Å². The fourth-order valence-corrected chi connectivity index (χ4v) is 8.02. The van der Waals surface area contributed by atoms with Crippen LogP contribution in [0, 0.1) is 17.8 Å². The summed E-state index contributed by atoms with van der Waals surface area (Å²) in [6.07, 6.45) is 0.0529. The topological polar surface area (TPSA) is 119 Å². The summed E-state index contributed by atoms with van der Waals surface area (Å²) in [6.45, 7) is 15.8. The lowest BCUT2D eigenvalue weighted by atomic mass is 9.74. The summed E-state index contributed by atoms with van der Waals surface area (Å²) in [5.74, 6) is -0.740. The van der Waals surface area contributed by atoms with Crippen LogP contribution in [-0.2, 0) is 28.5 Å². The lowest BCUT2D eigenvalue weighted by Crippen LogP contribution is -2.58. The van der Waals surface area contributed by atoms with E-state index in [2.05, 4.69) is 19.3 Å². The lowest BCUT2D eigenvalue weighted by molar-refractivity contribution is -0.295. The van der Waals surface area contributed by atoms with Crippen LogP contribution in [0.5, 0.6) is 0 Å². The summed E-state index contributed by atoms with van der Waals surface area (Å²) in [7, 11) is 5.55. The molecule has 0 radical (unpaired) electrons. The number of likely N-dealkylation sites (N-methyl/N-ethyl adjacent to an activating group) is 1. The zero-order valence-electron chi connectivity index (χ0n) is 27.2. The predicted molar refractivity (Wildman–Crippen MR) is 156 cm³/mol. The smallest absolute Gasteiger partial charge is 0.425 e. The maximum absolute atomic E-state index is 13.5. The first-order valence-electron chi connectivity index (χ1n) is 15.5. The molecule has 2 N–H and O–H groups in total. The van der Waals surface area contributed by atoms with Crippen molar-refractivity contribution in [3.05, 3.63) is 11.6 Å². The summed E-state index contributed by atoms with van der Waals surface area (Å²) in [6, 6.07) is -0.530. The number of carbonyl (C=O) groups is 2. The van der Waals surface area contributed by atoms with E-state index < -0.39 is 47.9 Å². The highest BCUT2D eigenvalue weighted by atomic mass is 16.7. The molecule has 0 spiro atoms. The standard InChI is InChI=1S/C31H53N3O8/c1-12-22-31(8)25-20(6)23(32-34(25)29(37)42-31)18(4)15-30(7,38-11)26(16(2)13-17(3)27(36)40-22)41-28-24(35)21(33(9)10)14-19(5)39-28/h13,16,18-26,28,32,35H,12,14-15H2,1-11H3/b17-13+/t16-,18+,19+,20-,21-,22-,23-,24+,25+,26+,28-,30+,31+/m0/s1. The van der Waals surface area contributed by atoms with Crippen molar-refractivity contribution in [1.29, 1.82) is 0 Å². The van der Waals surface area contributed by atoms with Crippen molar-refractivity contribution in [2.45, 2.75) is 135 Å². The summed E-state index contributed by atoms with van der Waals surface area (Å²) >= 11 is 0. The van der Waals surface area contributed by atoms with Crippen LogP contribution in [0.2, 0.25) is 0 Å². The average molecular weight is 596 g/mol. The molecule has 1 amide bonds. The first kappa shape index (κ1) is 33.1. The van der Waals surface area contributed by atoms with Crippen LogP contribution in [0.1, 0.15) is 74.7 Å². The SMILES string of the molecule is CC[C@@H]1OC(=O)/C(C)=C/[C@H](C)[C@@H](O[C@@H]2O[C@H](C)C[C@H](N(C)C)[C@H]2O)[C@](C)(OC)C[C@@H](C)[C@@H]2NN3C(=O)O[C@@]1(C)[C@H]3[C@H]2C. The third-order valence-corrected chi connectivity index (χ3v) is 10.3. The van der Waals surface area contributed by atoms with Crippen LogP contribution < -0.4 is 5.43 Å². The predicted octanol–water partition coefficient (Wildman–Crippen LogP) is 3.25. The van der Waals surface area contributed by atoms with Crippen molar-refractivity contribution in [3.8, 4) is 0 Å². The Bertz CT molecular complexity index is 1040. The van der Waals surface area contributed by atoms with Gasteiger partial charge in [-0.1, -0.05) is 33.8 Å². The summed E-state index contributed by atoms with van der Waals surface area (Å²) < 4.78 is 31.1. The molecule has 13 atom stereocenters. The zero-order chi connectivity index (χ0) is 31.3. The van der Waals surface area contributed by atoms with Crippen LogP contribution in [0.4, 0.5) is 4.79 Å². The molecule has 0 aromatic carbocycles. The van der Waals surface area contributed by atoms with Crippen molar-refractivity contribution in [2.24, 2.45) is 17.8 Å². The number of carbonyl (C=O) groups excluding carboxylic acids is 2. The van der Waals surface area contributed by atoms with E-state index in [-0.39, 0.29) is 42.0 Å². The maximum Gasteiger partial charge on any atom is 0.425 e. The van der Waals surface area contributed by atoms with E-state index in [1.54, 1.807) is 19.0 Å². The molecule has 4 heterocycles. The minimum atomic E-state index is -1.01. The number of aliphatic hydroxyl groups excluding tert-OH is 1. The van der Waals surface area contributed by atoms with E-state index in [0.717, 1.165) is 0 Å².